The van der Waals surface area contributed by atoms with Gasteiger partial charge in [0.2, 0.25) is 0 Å². The Morgan fingerprint density at radius 1 is 1.17 bits per heavy atom. The topological polar surface area (TPSA) is 34.1 Å². The maximum Gasteiger partial charge on any atom is 0.150 e. The van der Waals surface area contributed by atoms with Crippen LogP contribution in [0.3, 0.4) is 0 Å². The van der Waals surface area contributed by atoms with Gasteiger partial charge in [0.25, 0.3) is 0 Å². The van der Waals surface area contributed by atoms with Crippen molar-refractivity contribution in [1.29, 1.82) is 0 Å². The van der Waals surface area contributed by atoms with Gasteiger partial charge in [-0.05, 0) is 31.1 Å². The lowest BCUT2D eigenvalue weighted by atomic mass is 10.0. The molecule has 0 aromatic heterocycles. The number of halogens is 1. The van der Waals surface area contributed by atoms with E-state index in [1.165, 1.54) is 12.8 Å². The van der Waals surface area contributed by atoms with Crippen molar-refractivity contribution in [1.82, 2.24) is 0 Å². The van der Waals surface area contributed by atoms with Crippen LogP contribution in [0.1, 0.15) is 19.3 Å². The summed E-state index contributed by atoms with van der Waals surface area (Å²) in [4.78, 5) is 0. The zero-order chi connectivity index (χ0) is 8.77. The Labute approximate surface area is 78.2 Å². The van der Waals surface area contributed by atoms with E-state index in [-0.39, 0.29) is 11.3 Å². The van der Waals surface area contributed by atoms with Crippen LogP contribution in [0.2, 0.25) is 0 Å². The summed E-state index contributed by atoms with van der Waals surface area (Å²) in [7, 11) is -2.73. The lowest BCUT2D eigenvalue weighted by Crippen LogP contribution is -2.18. The normalized spacial score (nSPS) is 36.6. The van der Waals surface area contributed by atoms with E-state index in [2.05, 4.69) is 0 Å². The lowest BCUT2D eigenvalue weighted by molar-refractivity contribution is 0.515. The minimum atomic E-state index is -2.73. The summed E-state index contributed by atoms with van der Waals surface area (Å²) in [5, 5.41) is 0.127. The Morgan fingerprint density at radius 3 is 2.25 bits per heavy atom. The molecule has 2 atom stereocenters. The number of alkyl halides is 1. The fraction of sp³-hybridized carbons (Fsp3) is 1.00. The van der Waals surface area contributed by atoms with E-state index in [0.717, 1.165) is 6.42 Å². The second-order valence-electron chi connectivity index (χ2n) is 3.94. The molecule has 0 spiro atoms. The number of sulfone groups is 1. The molecule has 1 aliphatic carbocycles. The van der Waals surface area contributed by atoms with Crippen LogP contribution in [-0.4, -0.2) is 25.3 Å². The molecule has 1 aliphatic heterocycles. The first-order valence-electron chi connectivity index (χ1n) is 4.43. The molecule has 2 rings (SSSR count). The largest absolute Gasteiger partial charge is 0.229 e. The SMILES string of the molecule is O=S1(=O)CCC(C(Cl)C2CC2)C1. The van der Waals surface area contributed by atoms with Gasteiger partial charge in [-0.3, -0.25) is 0 Å². The van der Waals surface area contributed by atoms with Gasteiger partial charge in [-0.1, -0.05) is 0 Å². The fourth-order valence-electron chi connectivity index (χ4n) is 1.87. The molecule has 0 amide bonds. The van der Waals surface area contributed by atoms with E-state index in [4.69, 9.17) is 11.6 Å². The maximum atomic E-state index is 11.1. The Hall–Kier alpha value is 0.240. The van der Waals surface area contributed by atoms with Gasteiger partial charge in [0.15, 0.2) is 9.84 Å². The summed E-state index contributed by atoms with van der Waals surface area (Å²) >= 11 is 6.15. The molecule has 1 heterocycles. The van der Waals surface area contributed by atoms with Crippen molar-refractivity contribution in [3.05, 3.63) is 0 Å². The van der Waals surface area contributed by atoms with Crippen LogP contribution in [0.5, 0.6) is 0 Å². The minimum absolute atomic E-state index is 0.127. The van der Waals surface area contributed by atoms with E-state index >= 15 is 0 Å². The van der Waals surface area contributed by atoms with Crippen LogP contribution in [0.4, 0.5) is 0 Å². The maximum absolute atomic E-state index is 11.1. The highest BCUT2D eigenvalue weighted by Crippen LogP contribution is 2.42. The van der Waals surface area contributed by atoms with E-state index in [1.807, 2.05) is 0 Å². The highest BCUT2D eigenvalue weighted by atomic mass is 35.5. The second-order valence-corrected chi connectivity index (χ2v) is 6.68. The molecule has 0 aromatic carbocycles. The average Bonchev–Trinajstić information content (AvgIpc) is 2.75. The first kappa shape index (κ1) is 8.82. The first-order chi connectivity index (χ1) is 5.58. The van der Waals surface area contributed by atoms with Crippen molar-refractivity contribution in [2.24, 2.45) is 11.8 Å². The summed E-state index contributed by atoms with van der Waals surface area (Å²) in [6, 6.07) is 0. The molecule has 2 nitrogen and oxygen atoms in total. The van der Waals surface area contributed by atoms with E-state index in [1.54, 1.807) is 0 Å². The lowest BCUT2D eigenvalue weighted by Gasteiger charge is -2.13. The highest BCUT2D eigenvalue weighted by Gasteiger charge is 2.40. The van der Waals surface area contributed by atoms with Gasteiger partial charge < -0.3 is 0 Å². The van der Waals surface area contributed by atoms with Gasteiger partial charge in [-0.2, -0.15) is 0 Å². The van der Waals surface area contributed by atoms with Gasteiger partial charge in [0.05, 0.1) is 11.5 Å². The van der Waals surface area contributed by atoms with Crippen LogP contribution in [0, 0.1) is 11.8 Å². The molecule has 0 radical (unpaired) electrons. The van der Waals surface area contributed by atoms with E-state index < -0.39 is 9.84 Å². The Morgan fingerprint density at radius 2 is 1.83 bits per heavy atom. The van der Waals surface area contributed by atoms with Gasteiger partial charge in [0, 0.05) is 5.38 Å². The Balaban J connectivity index is 1.98. The molecule has 1 saturated carbocycles. The van der Waals surface area contributed by atoms with Crippen LogP contribution in [0.15, 0.2) is 0 Å². The molecule has 2 unspecified atom stereocenters. The van der Waals surface area contributed by atoms with Crippen molar-refractivity contribution in [2.45, 2.75) is 24.6 Å². The molecule has 4 heteroatoms. The predicted octanol–water partition coefficient (Wildman–Crippen LogP) is 1.44. The van der Waals surface area contributed by atoms with Crippen molar-refractivity contribution in [3.63, 3.8) is 0 Å². The molecule has 0 aromatic rings. The second kappa shape index (κ2) is 2.88. The summed E-state index contributed by atoms with van der Waals surface area (Å²) < 4.78 is 22.3. The standard InChI is InChI=1S/C8H13ClO2S/c9-8(6-1-2-6)7-3-4-12(10,11)5-7/h6-8H,1-5H2. The summed E-state index contributed by atoms with van der Waals surface area (Å²) in [6.07, 6.45) is 3.18. The van der Waals surface area contributed by atoms with E-state index in [0.29, 0.717) is 17.4 Å². The average molecular weight is 209 g/mol. The molecule has 0 N–H and O–H groups in total. The quantitative estimate of drug-likeness (QED) is 0.644. The minimum Gasteiger partial charge on any atom is -0.229 e. The van der Waals surface area contributed by atoms with Gasteiger partial charge in [0.1, 0.15) is 0 Å². The zero-order valence-electron chi connectivity index (χ0n) is 6.87. The monoisotopic (exact) mass is 208 g/mol. The zero-order valence-corrected chi connectivity index (χ0v) is 8.44. The molecular formula is C8H13ClO2S. The Bertz CT molecular complexity index is 269. The third-order valence-corrected chi connectivity index (χ3v) is 5.30. The number of rotatable bonds is 2. The van der Waals surface area contributed by atoms with Crippen LogP contribution in [-0.2, 0) is 9.84 Å². The van der Waals surface area contributed by atoms with Crippen molar-refractivity contribution >= 4 is 21.4 Å². The molecule has 70 valence electrons. The van der Waals surface area contributed by atoms with Crippen molar-refractivity contribution < 1.29 is 8.42 Å². The van der Waals surface area contributed by atoms with Crippen molar-refractivity contribution in [3.8, 4) is 0 Å². The van der Waals surface area contributed by atoms with Crippen molar-refractivity contribution in [2.75, 3.05) is 11.5 Å². The molecule has 0 bridgehead atoms. The Kier molecular flexibility index (Phi) is 2.11. The fourth-order valence-corrected chi connectivity index (χ4v) is 4.30. The molecule has 1 saturated heterocycles. The molecule has 2 fully saturated rings. The van der Waals surface area contributed by atoms with Gasteiger partial charge in [-0.15, -0.1) is 11.6 Å². The first-order valence-corrected chi connectivity index (χ1v) is 6.69. The third-order valence-electron chi connectivity index (χ3n) is 2.79. The van der Waals surface area contributed by atoms with Gasteiger partial charge >= 0.3 is 0 Å². The summed E-state index contributed by atoms with van der Waals surface area (Å²) in [6.45, 7) is 0. The highest BCUT2D eigenvalue weighted by molar-refractivity contribution is 7.91. The van der Waals surface area contributed by atoms with Crippen LogP contribution in [0.25, 0.3) is 0 Å². The smallest absolute Gasteiger partial charge is 0.150 e. The van der Waals surface area contributed by atoms with Gasteiger partial charge in [-0.25, -0.2) is 8.42 Å². The predicted molar refractivity (Wildman–Crippen MR) is 49.1 cm³/mol. The van der Waals surface area contributed by atoms with Crippen LogP contribution < -0.4 is 0 Å². The third kappa shape index (κ3) is 1.77. The summed E-state index contributed by atoms with van der Waals surface area (Å²) in [5.74, 6) is 1.54. The number of hydrogen-bond acceptors (Lipinski definition) is 2. The molecule has 2 aliphatic rings. The number of hydrogen-bond donors (Lipinski definition) is 0. The molecular weight excluding hydrogens is 196 g/mol. The van der Waals surface area contributed by atoms with Crippen LogP contribution >= 0.6 is 11.6 Å². The molecule has 12 heavy (non-hydrogen) atoms. The summed E-state index contributed by atoms with van der Waals surface area (Å²) in [5.41, 5.74) is 0. The van der Waals surface area contributed by atoms with E-state index in [9.17, 15) is 8.42 Å².